The molecule has 1 aliphatic rings. The van der Waals surface area contributed by atoms with E-state index in [4.69, 9.17) is 4.74 Å². The molecule has 1 fully saturated rings. The summed E-state index contributed by atoms with van der Waals surface area (Å²) in [5, 5.41) is 0. The van der Waals surface area contributed by atoms with Crippen molar-refractivity contribution in [3.05, 3.63) is 84.4 Å². The molecule has 1 aromatic heterocycles. The van der Waals surface area contributed by atoms with Crippen molar-refractivity contribution in [3.8, 4) is 5.69 Å². The Kier molecular flexibility index (Phi) is 3.60. The number of ether oxygens (including phenoxy) is 1. The molecule has 1 aliphatic heterocycles. The fraction of sp³-hybridized carbons (Fsp3) is 0.158. The highest BCUT2D eigenvalue weighted by molar-refractivity contribution is 5.49. The van der Waals surface area contributed by atoms with Crippen molar-refractivity contribution in [2.75, 3.05) is 18.1 Å². The third-order valence-corrected chi connectivity index (χ3v) is 4.09. The Labute approximate surface area is 134 Å². The van der Waals surface area contributed by atoms with Crippen molar-refractivity contribution in [3.63, 3.8) is 0 Å². The molecule has 1 atom stereocenters. The first-order valence-corrected chi connectivity index (χ1v) is 7.68. The van der Waals surface area contributed by atoms with Gasteiger partial charge in [-0.1, -0.05) is 24.3 Å². The SMILES string of the molecule is Fc1cccc(-n2ccc([C@H]3OCCN3c3ccccc3)c2)c1. The number of aromatic nitrogens is 1. The smallest absolute Gasteiger partial charge is 0.158 e. The van der Waals surface area contributed by atoms with Crippen LogP contribution >= 0.6 is 0 Å². The van der Waals surface area contributed by atoms with Crippen LogP contribution in [0.1, 0.15) is 11.8 Å². The van der Waals surface area contributed by atoms with Crippen LogP contribution in [0.3, 0.4) is 0 Å². The van der Waals surface area contributed by atoms with Gasteiger partial charge in [-0.05, 0) is 36.4 Å². The first-order chi connectivity index (χ1) is 11.3. The van der Waals surface area contributed by atoms with Gasteiger partial charge in [-0.3, -0.25) is 0 Å². The Balaban J connectivity index is 1.63. The standard InChI is InChI=1S/C19H17FN2O/c20-16-5-4-8-18(13-16)21-10-9-15(14-21)19-22(11-12-23-19)17-6-2-1-3-7-17/h1-10,13-14,19H,11-12H2/t19-/m1/s1. The van der Waals surface area contributed by atoms with Gasteiger partial charge in [0.05, 0.1) is 6.61 Å². The Hall–Kier alpha value is -2.59. The lowest BCUT2D eigenvalue weighted by atomic mass is 10.2. The molecule has 1 saturated heterocycles. The Morgan fingerprint density at radius 2 is 1.78 bits per heavy atom. The summed E-state index contributed by atoms with van der Waals surface area (Å²) in [6.07, 6.45) is 3.84. The van der Waals surface area contributed by atoms with Crippen LogP contribution in [0.5, 0.6) is 0 Å². The largest absolute Gasteiger partial charge is 0.352 e. The molecule has 0 amide bonds. The summed E-state index contributed by atoms with van der Waals surface area (Å²) in [4.78, 5) is 2.24. The monoisotopic (exact) mass is 308 g/mol. The van der Waals surface area contributed by atoms with E-state index in [-0.39, 0.29) is 12.0 Å². The van der Waals surface area contributed by atoms with E-state index in [0.717, 1.165) is 23.5 Å². The summed E-state index contributed by atoms with van der Waals surface area (Å²) in [7, 11) is 0. The van der Waals surface area contributed by atoms with E-state index in [1.807, 2.05) is 47.3 Å². The third-order valence-electron chi connectivity index (χ3n) is 4.09. The number of hydrogen-bond acceptors (Lipinski definition) is 2. The molecule has 0 aliphatic carbocycles. The highest BCUT2D eigenvalue weighted by atomic mass is 19.1. The summed E-state index contributed by atoms with van der Waals surface area (Å²) >= 11 is 0. The van der Waals surface area contributed by atoms with Gasteiger partial charge in [0.25, 0.3) is 0 Å². The van der Waals surface area contributed by atoms with Crippen LogP contribution in [-0.2, 0) is 4.74 Å². The summed E-state index contributed by atoms with van der Waals surface area (Å²) < 4.78 is 21.2. The summed E-state index contributed by atoms with van der Waals surface area (Å²) in [5.41, 5.74) is 3.02. The minimum Gasteiger partial charge on any atom is -0.352 e. The Morgan fingerprint density at radius 1 is 0.957 bits per heavy atom. The lowest BCUT2D eigenvalue weighted by Gasteiger charge is -2.24. The minimum atomic E-state index is -0.235. The number of anilines is 1. The molecule has 2 aromatic carbocycles. The van der Waals surface area contributed by atoms with Crippen molar-refractivity contribution in [1.29, 1.82) is 0 Å². The maximum absolute atomic E-state index is 13.4. The molecule has 2 heterocycles. The minimum absolute atomic E-state index is 0.104. The number of nitrogens with zero attached hydrogens (tertiary/aromatic N) is 2. The maximum atomic E-state index is 13.4. The van der Waals surface area contributed by atoms with E-state index in [2.05, 4.69) is 17.0 Å². The molecule has 3 nitrogen and oxygen atoms in total. The number of hydrogen-bond donors (Lipinski definition) is 0. The lowest BCUT2D eigenvalue weighted by molar-refractivity contribution is 0.114. The summed E-state index contributed by atoms with van der Waals surface area (Å²) in [5.74, 6) is -0.235. The molecule has 0 unspecified atom stereocenters. The average Bonchev–Trinajstić information content (AvgIpc) is 3.25. The van der Waals surface area contributed by atoms with E-state index in [1.54, 1.807) is 6.07 Å². The Bertz CT molecular complexity index is 800. The van der Waals surface area contributed by atoms with Gasteiger partial charge in [0.15, 0.2) is 6.23 Å². The van der Waals surface area contributed by atoms with E-state index >= 15 is 0 Å². The number of benzene rings is 2. The van der Waals surface area contributed by atoms with Crippen molar-refractivity contribution >= 4 is 5.69 Å². The number of para-hydroxylation sites is 1. The van der Waals surface area contributed by atoms with Gasteiger partial charge in [-0.25, -0.2) is 4.39 Å². The molecule has 0 radical (unpaired) electrons. The number of rotatable bonds is 3. The van der Waals surface area contributed by atoms with Gasteiger partial charge in [-0.15, -0.1) is 0 Å². The second kappa shape index (κ2) is 5.89. The van der Waals surface area contributed by atoms with Crippen LogP contribution in [0.2, 0.25) is 0 Å². The lowest BCUT2D eigenvalue weighted by Crippen LogP contribution is -2.22. The quantitative estimate of drug-likeness (QED) is 0.723. The molecule has 23 heavy (non-hydrogen) atoms. The molecule has 3 aromatic rings. The molecular formula is C19H17FN2O. The van der Waals surface area contributed by atoms with Gasteiger partial charge in [0, 0.05) is 35.9 Å². The first-order valence-electron chi connectivity index (χ1n) is 7.68. The predicted molar refractivity (Wildman–Crippen MR) is 88.2 cm³/mol. The first kappa shape index (κ1) is 14.0. The van der Waals surface area contributed by atoms with Crippen molar-refractivity contribution in [2.45, 2.75) is 6.23 Å². The zero-order valence-corrected chi connectivity index (χ0v) is 12.6. The molecular weight excluding hydrogens is 291 g/mol. The van der Waals surface area contributed by atoms with Gasteiger partial charge in [-0.2, -0.15) is 0 Å². The summed E-state index contributed by atoms with van der Waals surface area (Å²) in [6, 6.07) is 18.8. The maximum Gasteiger partial charge on any atom is 0.158 e. The molecule has 0 N–H and O–H groups in total. The van der Waals surface area contributed by atoms with E-state index in [0.29, 0.717) is 6.61 Å². The molecule has 116 valence electrons. The van der Waals surface area contributed by atoms with Gasteiger partial charge in [0.2, 0.25) is 0 Å². The van der Waals surface area contributed by atoms with Gasteiger partial charge < -0.3 is 14.2 Å². The van der Waals surface area contributed by atoms with Gasteiger partial charge >= 0.3 is 0 Å². The molecule has 4 heteroatoms. The van der Waals surface area contributed by atoms with E-state index in [9.17, 15) is 4.39 Å². The van der Waals surface area contributed by atoms with Crippen LogP contribution in [0.4, 0.5) is 10.1 Å². The topological polar surface area (TPSA) is 17.4 Å². The third kappa shape index (κ3) is 2.73. The molecule has 0 bridgehead atoms. The second-order valence-electron chi connectivity index (χ2n) is 5.58. The van der Waals surface area contributed by atoms with Crippen LogP contribution in [0, 0.1) is 5.82 Å². The average molecular weight is 308 g/mol. The normalized spacial score (nSPS) is 17.6. The van der Waals surface area contributed by atoms with Crippen molar-refractivity contribution < 1.29 is 9.13 Å². The van der Waals surface area contributed by atoms with Crippen molar-refractivity contribution in [2.24, 2.45) is 0 Å². The highest BCUT2D eigenvalue weighted by Gasteiger charge is 2.27. The zero-order valence-electron chi connectivity index (χ0n) is 12.6. The zero-order chi connectivity index (χ0) is 15.6. The highest BCUT2D eigenvalue weighted by Crippen LogP contribution is 2.32. The van der Waals surface area contributed by atoms with Gasteiger partial charge in [0.1, 0.15) is 5.82 Å². The molecule has 0 saturated carbocycles. The van der Waals surface area contributed by atoms with Crippen LogP contribution in [0.25, 0.3) is 5.69 Å². The number of halogens is 1. The van der Waals surface area contributed by atoms with Crippen molar-refractivity contribution in [1.82, 2.24) is 4.57 Å². The fourth-order valence-electron chi connectivity index (χ4n) is 2.99. The van der Waals surface area contributed by atoms with Crippen LogP contribution in [0.15, 0.2) is 73.1 Å². The van der Waals surface area contributed by atoms with E-state index < -0.39 is 0 Å². The molecule has 4 rings (SSSR count). The predicted octanol–water partition coefficient (Wildman–Crippen LogP) is 4.15. The molecule has 0 spiro atoms. The summed E-state index contributed by atoms with van der Waals surface area (Å²) in [6.45, 7) is 1.56. The Morgan fingerprint density at radius 3 is 2.61 bits per heavy atom. The van der Waals surface area contributed by atoms with Crippen LogP contribution in [-0.4, -0.2) is 17.7 Å². The fourth-order valence-corrected chi connectivity index (χ4v) is 2.99. The van der Waals surface area contributed by atoms with E-state index in [1.165, 1.54) is 12.1 Å². The second-order valence-corrected chi connectivity index (χ2v) is 5.58. The van der Waals surface area contributed by atoms with Crippen LogP contribution < -0.4 is 4.90 Å².